The number of nitriles is 1. The molecule has 90 valence electrons. The fraction of sp³-hybridized carbons (Fsp3) is 0.538. The standard InChI is InChI=1S/C13H17N3O/c1-3-11-9-17-10(2)8-16(11)13-5-4-6-15-12(13)7-14/h4-6,10-11H,3,8-9H2,1-2H3. The van der Waals surface area contributed by atoms with E-state index in [4.69, 9.17) is 10.00 Å². The van der Waals surface area contributed by atoms with Crippen molar-refractivity contribution >= 4 is 5.69 Å². The third kappa shape index (κ3) is 2.40. The van der Waals surface area contributed by atoms with E-state index in [-0.39, 0.29) is 6.10 Å². The van der Waals surface area contributed by atoms with Crippen LogP contribution in [0.3, 0.4) is 0 Å². The number of aromatic nitrogens is 1. The first-order valence-electron chi connectivity index (χ1n) is 5.99. The zero-order valence-electron chi connectivity index (χ0n) is 10.3. The van der Waals surface area contributed by atoms with Crippen LogP contribution in [-0.4, -0.2) is 30.3 Å². The highest BCUT2D eigenvalue weighted by atomic mass is 16.5. The Morgan fingerprint density at radius 2 is 2.47 bits per heavy atom. The van der Waals surface area contributed by atoms with E-state index in [1.54, 1.807) is 6.20 Å². The Hall–Kier alpha value is -1.60. The molecule has 4 heteroatoms. The van der Waals surface area contributed by atoms with E-state index in [1.165, 1.54) is 0 Å². The van der Waals surface area contributed by atoms with E-state index >= 15 is 0 Å². The van der Waals surface area contributed by atoms with Crippen LogP contribution >= 0.6 is 0 Å². The van der Waals surface area contributed by atoms with Crippen LogP contribution in [0, 0.1) is 11.3 Å². The summed E-state index contributed by atoms with van der Waals surface area (Å²) in [5, 5.41) is 9.10. The Bertz CT molecular complexity index is 427. The van der Waals surface area contributed by atoms with Crippen molar-refractivity contribution in [2.45, 2.75) is 32.4 Å². The average Bonchev–Trinajstić information content (AvgIpc) is 2.38. The third-order valence-electron chi connectivity index (χ3n) is 3.14. The highest BCUT2D eigenvalue weighted by Gasteiger charge is 2.27. The second-order valence-corrected chi connectivity index (χ2v) is 4.34. The van der Waals surface area contributed by atoms with E-state index in [9.17, 15) is 0 Å². The summed E-state index contributed by atoms with van der Waals surface area (Å²) in [6.45, 7) is 5.73. The lowest BCUT2D eigenvalue weighted by Crippen LogP contribution is -2.49. The van der Waals surface area contributed by atoms with Gasteiger partial charge in [0.1, 0.15) is 6.07 Å². The Balaban J connectivity index is 2.32. The number of rotatable bonds is 2. The molecule has 0 radical (unpaired) electrons. The van der Waals surface area contributed by atoms with E-state index in [0.717, 1.165) is 25.3 Å². The van der Waals surface area contributed by atoms with E-state index in [0.29, 0.717) is 11.7 Å². The number of ether oxygens (including phenoxy) is 1. The second-order valence-electron chi connectivity index (χ2n) is 4.34. The maximum absolute atomic E-state index is 9.10. The van der Waals surface area contributed by atoms with Crippen molar-refractivity contribution in [3.8, 4) is 6.07 Å². The molecule has 0 spiro atoms. The lowest BCUT2D eigenvalue weighted by Gasteiger charge is -2.40. The number of morpholine rings is 1. The van der Waals surface area contributed by atoms with Crippen LogP contribution in [0.1, 0.15) is 26.0 Å². The van der Waals surface area contributed by atoms with Crippen LogP contribution in [0.5, 0.6) is 0 Å². The smallest absolute Gasteiger partial charge is 0.163 e. The SMILES string of the molecule is CCC1COC(C)CN1c1cccnc1C#N. The van der Waals surface area contributed by atoms with Gasteiger partial charge in [-0.05, 0) is 25.5 Å². The van der Waals surface area contributed by atoms with Gasteiger partial charge in [-0.3, -0.25) is 0 Å². The predicted octanol–water partition coefficient (Wildman–Crippen LogP) is 1.96. The Kier molecular flexibility index (Phi) is 3.60. The van der Waals surface area contributed by atoms with Gasteiger partial charge in [-0.1, -0.05) is 6.92 Å². The topological polar surface area (TPSA) is 49.1 Å². The maximum atomic E-state index is 9.10. The van der Waals surface area contributed by atoms with E-state index in [2.05, 4.69) is 29.8 Å². The molecule has 2 rings (SSSR count). The molecule has 1 aliphatic heterocycles. The van der Waals surface area contributed by atoms with Crippen LogP contribution in [0.15, 0.2) is 18.3 Å². The molecule has 0 bridgehead atoms. The van der Waals surface area contributed by atoms with Gasteiger partial charge in [-0.15, -0.1) is 0 Å². The minimum Gasteiger partial charge on any atom is -0.375 e. The molecule has 2 unspecified atom stereocenters. The summed E-state index contributed by atoms with van der Waals surface area (Å²) < 4.78 is 5.66. The molecule has 1 aliphatic rings. The van der Waals surface area contributed by atoms with E-state index in [1.807, 2.05) is 12.1 Å². The molecule has 0 N–H and O–H groups in total. The molecule has 0 aromatic carbocycles. The number of anilines is 1. The normalized spacial score (nSPS) is 24.4. The molecule has 0 aliphatic carbocycles. The van der Waals surface area contributed by atoms with Gasteiger partial charge in [0.05, 0.1) is 24.4 Å². The van der Waals surface area contributed by atoms with E-state index < -0.39 is 0 Å². The number of hydrogen-bond acceptors (Lipinski definition) is 4. The first kappa shape index (κ1) is 11.9. The first-order chi connectivity index (χ1) is 8.26. The largest absolute Gasteiger partial charge is 0.375 e. The number of nitrogens with zero attached hydrogens (tertiary/aromatic N) is 3. The van der Waals surface area contributed by atoms with Crippen molar-refractivity contribution in [1.29, 1.82) is 5.26 Å². The fourth-order valence-electron chi connectivity index (χ4n) is 2.19. The fourth-order valence-corrected chi connectivity index (χ4v) is 2.19. The van der Waals surface area contributed by atoms with Crippen molar-refractivity contribution < 1.29 is 4.74 Å². The van der Waals surface area contributed by atoms with Gasteiger partial charge in [0, 0.05) is 12.7 Å². The molecule has 1 fully saturated rings. The van der Waals surface area contributed by atoms with Crippen LogP contribution in [0.25, 0.3) is 0 Å². The Morgan fingerprint density at radius 3 is 3.18 bits per heavy atom. The molecule has 1 aromatic rings. The van der Waals surface area contributed by atoms with Gasteiger partial charge in [-0.2, -0.15) is 5.26 Å². The molecule has 2 atom stereocenters. The quantitative estimate of drug-likeness (QED) is 0.780. The Labute approximate surface area is 102 Å². The predicted molar refractivity (Wildman–Crippen MR) is 65.8 cm³/mol. The lowest BCUT2D eigenvalue weighted by molar-refractivity contribution is 0.0299. The summed E-state index contributed by atoms with van der Waals surface area (Å²) in [4.78, 5) is 6.37. The van der Waals surface area contributed by atoms with Crippen LogP contribution in [0.2, 0.25) is 0 Å². The molecular weight excluding hydrogens is 214 g/mol. The first-order valence-corrected chi connectivity index (χ1v) is 5.99. The molecule has 0 saturated carbocycles. The van der Waals surface area contributed by atoms with Crippen molar-refractivity contribution in [1.82, 2.24) is 4.98 Å². The minimum absolute atomic E-state index is 0.199. The van der Waals surface area contributed by atoms with Gasteiger partial charge in [0.25, 0.3) is 0 Å². The van der Waals surface area contributed by atoms with Crippen molar-refractivity contribution in [3.05, 3.63) is 24.0 Å². The Morgan fingerprint density at radius 1 is 1.65 bits per heavy atom. The van der Waals surface area contributed by atoms with Gasteiger partial charge in [0.2, 0.25) is 0 Å². The zero-order valence-corrected chi connectivity index (χ0v) is 10.3. The highest BCUT2D eigenvalue weighted by molar-refractivity contribution is 5.56. The van der Waals surface area contributed by atoms with Crippen molar-refractivity contribution in [2.24, 2.45) is 0 Å². The minimum atomic E-state index is 0.199. The summed E-state index contributed by atoms with van der Waals surface area (Å²) in [7, 11) is 0. The molecule has 1 saturated heterocycles. The molecule has 2 heterocycles. The summed E-state index contributed by atoms with van der Waals surface area (Å²) in [6.07, 6.45) is 2.86. The van der Waals surface area contributed by atoms with Gasteiger partial charge in [-0.25, -0.2) is 4.98 Å². The van der Waals surface area contributed by atoms with Crippen LogP contribution < -0.4 is 4.90 Å². The van der Waals surface area contributed by atoms with Crippen LogP contribution in [0.4, 0.5) is 5.69 Å². The number of hydrogen-bond donors (Lipinski definition) is 0. The lowest BCUT2D eigenvalue weighted by atomic mass is 10.1. The third-order valence-corrected chi connectivity index (χ3v) is 3.14. The monoisotopic (exact) mass is 231 g/mol. The molecule has 17 heavy (non-hydrogen) atoms. The van der Waals surface area contributed by atoms with Crippen LogP contribution in [-0.2, 0) is 4.74 Å². The molecule has 1 aromatic heterocycles. The molecule has 4 nitrogen and oxygen atoms in total. The highest BCUT2D eigenvalue weighted by Crippen LogP contribution is 2.25. The van der Waals surface area contributed by atoms with Crippen molar-refractivity contribution in [3.63, 3.8) is 0 Å². The maximum Gasteiger partial charge on any atom is 0.163 e. The van der Waals surface area contributed by atoms with Gasteiger partial charge < -0.3 is 9.64 Å². The summed E-state index contributed by atoms with van der Waals surface area (Å²) in [5.41, 5.74) is 1.43. The summed E-state index contributed by atoms with van der Waals surface area (Å²) in [5.74, 6) is 0. The zero-order chi connectivity index (χ0) is 12.3. The van der Waals surface area contributed by atoms with Crippen molar-refractivity contribution in [2.75, 3.05) is 18.1 Å². The average molecular weight is 231 g/mol. The second kappa shape index (κ2) is 5.15. The molecular formula is C13H17N3O. The van der Waals surface area contributed by atoms with Gasteiger partial charge >= 0.3 is 0 Å². The summed E-state index contributed by atoms with van der Waals surface area (Å²) in [6, 6.07) is 6.34. The summed E-state index contributed by atoms with van der Waals surface area (Å²) >= 11 is 0. The molecule has 0 amide bonds. The number of pyridine rings is 1. The van der Waals surface area contributed by atoms with Gasteiger partial charge in [0.15, 0.2) is 5.69 Å².